The van der Waals surface area contributed by atoms with Crippen molar-refractivity contribution in [3.05, 3.63) is 48.7 Å². The molecule has 0 fully saturated rings. The summed E-state index contributed by atoms with van der Waals surface area (Å²) in [7, 11) is 3.71. The Labute approximate surface area is 141 Å². The molecule has 0 spiro atoms. The van der Waals surface area contributed by atoms with Gasteiger partial charge in [-0.25, -0.2) is 9.97 Å². The van der Waals surface area contributed by atoms with Crippen LogP contribution >= 0.6 is 11.3 Å². The van der Waals surface area contributed by atoms with Crippen LogP contribution < -0.4 is 4.74 Å². The second-order valence-electron chi connectivity index (χ2n) is 5.70. The molecule has 5 aromatic rings. The SMILES string of the molecule is COc1ccc2c(c1)sc1nc(-c3nc4ccccc4n3C)cn12. The molecule has 0 radical (unpaired) electrons. The van der Waals surface area contributed by atoms with Crippen LogP contribution in [0.1, 0.15) is 0 Å². The topological polar surface area (TPSA) is 44.4 Å². The quantitative estimate of drug-likeness (QED) is 0.488. The standard InChI is InChI=1S/C18H14N4OS/c1-21-14-6-4-3-5-12(14)19-17(21)13-10-22-15-8-7-11(23-2)9-16(15)24-18(22)20-13/h3-10H,1-2H3. The van der Waals surface area contributed by atoms with E-state index in [0.29, 0.717) is 0 Å². The molecule has 0 amide bonds. The summed E-state index contributed by atoms with van der Waals surface area (Å²) >= 11 is 1.65. The zero-order valence-electron chi connectivity index (χ0n) is 13.2. The third-order valence-electron chi connectivity index (χ3n) is 4.32. The van der Waals surface area contributed by atoms with Gasteiger partial charge >= 0.3 is 0 Å². The molecule has 6 heteroatoms. The summed E-state index contributed by atoms with van der Waals surface area (Å²) in [4.78, 5) is 10.5. The number of fused-ring (bicyclic) bond motifs is 4. The second kappa shape index (κ2) is 4.82. The number of nitrogens with zero attached hydrogens (tertiary/aromatic N) is 4. The first kappa shape index (κ1) is 13.6. The monoisotopic (exact) mass is 334 g/mol. The van der Waals surface area contributed by atoms with Crippen LogP contribution in [0.3, 0.4) is 0 Å². The van der Waals surface area contributed by atoms with E-state index < -0.39 is 0 Å². The predicted octanol–water partition coefficient (Wildman–Crippen LogP) is 4.11. The smallest absolute Gasteiger partial charge is 0.195 e. The minimum atomic E-state index is 0.863. The highest BCUT2D eigenvalue weighted by atomic mass is 32.1. The maximum absolute atomic E-state index is 5.30. The van der Waals surface area contributed by atoms with Gasteiger partial charge in [-0.1, -0.05) is 23.5 Å². The largest absolute Gasteiger partial charge is 0.497 e. The molecule has 0 aliphatic heterocycles. The summed E-state index contributed by atoms with van der Waals surface area (Å²) in [5.74, 6) is 1.75. The zero-order chi connectivity index (χ0) is 16.3. The number of rotatable bonds is 2. The Morgan fingerprint density at radius 1 is 1.04 bits per heavy atom. The van der Waals surface area contributed by atoms with Crippen LogP contribution in [-0.4, -0.2) is 26.0 Å². The van der Waals surface area contributed by atoms with Crippen molar-refractivity contribution in [2.75, 3.05) is 7.11 Å². The Balaban J connectivity index is 1.73. The molecule has 3 aromatic heterocycles. The number of methoxy groups -OCH3 is 1. The molecule has 24 heavy (non-hydrogen) atoms. The molecule has 0 aliphatic carbocycles. The highest BCUT2D eigenvalue weighted by Gasteiger charge is 2.15. The summed E-state index contributed by atoms with van der Waals surface area (Å²) in [5.41, 5.74) is 4.12. The van der Waals surface area contributed by atoms with Crippen LogP contribution in [0, 0.1) is 0 Å². The number of aryl methyl sites for hydroxylation is 1. The molecule has 0 N–H and O–H groups in total. The van der Waals surface area contributed by atoms with Gasteiger partial charge in [0.15, 0.2) is 10.8 Å². The molecule has 0 unspecified atom stereocenters. The Bertz CT molecular complexity index is 1210. The van der Waals surface area contributed by atoms with Gasteiger partial charge in [-0.2, -0.15) is 0 Å². The molecule has 5 rings (SSSR count). The average Bonchev–Trinajstić information content (AvgIpc) is 3.25. The van der Waals surface area contributed by atoms with Gasteiger partial charge in [0.1, 0.15) is 11.4 Å². The van der Waals surface area contributed by atoms with E-state index in [1.54, 1.807) is 18.4 Å². The Kier molecular flexibility index (Phi) is 2.72. The molecular formula is C18H14N4OS. The summed E-state index contributed by atoms with van der Waals surface area (Å²) in [6.07, 6.45) is 2.06. The number of thiazole rings is 1. The number of ether oxygens (including phenoxy) is 1. The number of benzene rings is 2. The van der Waals surface area contributed by atoms with E-state index in [9.17, 15) is 0 Å². The fourth-order valence-electron chi connectivity index (χ4n) is 3.09. The van der Waals surface area contributed by atoms with Crippen LogP contribution in [-0.2, 0) is 7.05 Å². The van der Waals surface area contributed by atoms with Gasteiger partial charge in [0, 0.05) is 13.2 Å². The highest BCUT2D eigenvalue weighted by molar-refractivity contribution is 7.23. The van der Waals surface area contributed by atoms with Crippen molar-refractivity contribution in [2.45, 2.75) is 0 Å². The fraction of sp³-hybridized carbons (Fsp3) is 0.111. The number of aromatic nitrogens is 4. The van der Waals surface area contributed by atoms with Crippen LogP contribution in [0.25, 0.3) is 37.7 Å². The van der Waals surface area contributed by atoms with Gasteiger partial charge in [-0.3, -0.25) is 4.40 Å². The van der Waals surface area contributed by atoms with Gasteiger partial charge in [0.25, 0.3) is 0 Å². The summed E-state index contributed by atoms with van der Waals surface area (Å²) in [6.45, 7) is 0. The van der Waals surface area contributed by atoms with E-state index in [2.05, 4.69) is 27.3 Å². The van der Waals surface area contributed by atoms with Crippen molar-refractivity contribution in [3.63, 3.8) is 0 Å². The van der Waals surface area contributed by atoms with Crippen molar-refractivity contribution in [1.82, 2.24) is 18.9 Å². The van der Waals surface area contributed by atoms with Gasteiger partial charge in [0.05, 0.1) is 28.4 Å². The molecule has 0 saturated heterocycles. The van der Waals surface area contributed by atoms with Crippen molar-refractivity contribution in [3.8, 4) is 17.3 Å². The third-order valence-corrected chi connectivity index (χ3v) is 5.34. The molecule has 0 saturated carbocycles. The van der Waals surface area contributed by atoms with E-state index in [1.807, 2.05) is 37.4 Å². The molecule has 0 atom stereocenters. The summed E-state index contributed by atoms with van der Waals surface area (Å²) < 4.78 is 10.7. The minimum absolute atomic E-state index is 0.863. The number of hydrogen-bond acceptors (Lipinski definition) is 4. The summed E-state index contributed by atoms with van der Waals surface area (Å²) in [5, 5.41) is 0. The van der Waals surface area contributed by atoms with E-state index in [-0.39, 0.29) is 0 Å². The first-order chi connectivity index (χ1) is 11.7. The second-order valence-corrected chi connectivity index (χ2v) is 6.71. The Hall–Kier alpha value is -2.86. The molecule has 3 heterocycles. The van der Waals surface area contributed by atoms with Crippen molar-refractivity contribution >= 4 is 37.5 Å². The average molecular weight is 334 g/mol. The molecule has 0 aliphatic rings. The van der Waals surface area contributed by atoms with Gasteiger partial charge in [0.2, 0.25) is 0 Å². The first-order valence-corrected chi connectivity index (χ1v) is 8.44. The van der Waals surface area contributed by atoms with Crippen LogP contribution in [0.5, 0.6) is 5.75 Å². The van der Waals surface area contributed by atoms with E-state index in [0.717, 1.165) is 43.5 Å². The normalized spacial score (nSPS) is 11.8. The summed E-state index contributed by atoms with van der Waals surface area (Å²) in [6, 6.07) is 14.2. The predicted molar refractivity (Wildman–Crippen MR) is 96.8 cm³/mol. The van der Waals surface area contributed by atoms with Crippen LogP contribution in [0.15, 0.2) is 48.7 Å². The van der Waals surface area contributed by atoms with E-state index >= 15 is 0 Å². The van der Waals surface area contributed by atoms with Crippen LogP contribution in [0.2, 0.25) is 0 Å². The number of hydrogen-bond donors (Lipinski definition) is 0. The lowest BCUT2D eigenvalue weighted by Gasteiger charge is -1.99. The highest BCUT2D eigenvalue weighted by Crippen LogP contribution is 2.32. The number of imidazole rings is 2. The van der Waals surface area contributed by atoms with Gasteiger partial charge in [-0.05, 0) is 30.3 Å². The Morgan fingerprint density at radius 2 is 1.92 bits per heavy atom. The lowest BCUT2D eigenvalue weighted by atomic mass is 10.3. The fourth-order valence-corrected chi connectivity index (χ4v) is 4.13. The van der Waals surface area contributed by atoms with Crippen molar-refractivity contribution in [1.29, 1.82) is 0 Å². The molecular weight excluding hydrogens is 320 g/mol. The molecule has 0 bridgehead atoms. The van der Waals surface area contributed by atoms with Gasteiger partial charge < -0.3 is 9.30 Å². The van der Waals surface area contributed by atoms with E-state index in [4.69, 9.17) is 14.7 Å². The Morgan fingerprint density at radius 3 is 2.75 bits per heavy atom. The van der Waals surface area contributed by atoms with E-state index in [1.165, 1.54) is 0 Å². The molecule has 5 nitrogen and oxygen atoms in total. The first-order valence-electron chi connectivity index (χ1n) is 7.62. The lowest BCUT2D eigenvalue weighted by Crippen LogP contribution is -1.92. The number of para-hydroxylation sites is 2. The molecule has 2 aromatic carbocycles. The van der Waals surface area contributed by atoms with Gasteiger partial charge in [-0.15, -0.1) is 0 Å². The maximum atomic E-state index is 5.30. The zero-order valence-corrected chi connectivity index (χ0v) is 14.0. The van der Waals surface area contributed by atoms with Crippen LogP contribution in [0.4, 0.5) is 0 Å². The van der Waals surface area contributed by atoms with Crippen molar-refractivity contribution < 1.29 is 4.74 Å². The lowest BCUT2D eigenvalue weighted by molar-refractivity contribution is 0.415. The maximum Gasteiger partial charge on any atom is 0.195 e. The molecule has 118 valence electrons. The minimum Gasteiger partial charge on any atom is -0.497 e. The van der Waals surface area contributed by atoms with Crippen molar-refractivity contribution in [2.24, 2.45) is 7.05 Å². The third kappa shape index (κ3) is 1.80.